The smallest absolute Gasteiger partial charge is 0.243 e. The molecule has 2 aromatic rings. The van der Waals surface area contributed by atoms with E-state index in [1.165, 1.54) is 0 Å². The van der Waals surface area contributed by atoms with Crippen LogP contribution in [0.4, 0.5) is 0 Å². The Bertz CT molecular complexity index is 681. The molecule has 1 atom stereocenters. The number of carbonyl (C=O) groups excluding carboxylic acids is 1. The van der Waals surface area contributed by atoms with Gasteiger partial charge in [-0.15, -0.1) is 0 Å². The summed E-state index contributed by atoms with van der Waals surface area (Å²) in [5.41, 5.74) is 1.16. The van der Waals surface area contributed by atoms with E-state index in [4.69, 9.17) is 0 Å². The predicted octanol–water partition coefficient (Wildman–Crippen LogP) is 1.66. The summed E-state index contributed by atoms with van der Waals surface area (Å²) in [6, 6.07) is 12.2. The molecule has 0 saturated carbocycles. The number of nitrogens with one attached hydrogen (secondary N) is 2. The van der Waals surface area contributed by atoms with Crippen molar-refractivity contribution in [3.05, 3.63) is 54.4 Å². The Morgan fingerprint density at radius 3 is 2.69 bits per heavy atom. The maximum atomic E-state index is 11.8. The van der Waals surface area contributed by atoms with Gasteiger partial charge in [-0.1, -0.05) is 30.3 Å². The van der Waals surface area contributed by atoms with E-state index in [2.05, 4.69) is 39.8 Å². The fraction of sp³-hybridized carbons (Fsp3) is 0.421. The van der Waals surface area contributed by atoms with Crippen molar-refractivity contribution in [1.29, 1.82) is 0 Å². The van der Waals surface area contributed by atoms with Gasteiger partial charge in [-0.05, 0) is 25.0 Å². The standard InChI is InChI=1S/C19H28N6O/c1-16(17-9-5-4-6-10-17)23-19(21-15-18(26)24(2)3)20-11-7-13-25-14-8-12-22-25/h4-6,8-10,12,14,16H,7,11,13,15H2,1-3H3,(H2,20,21,23). The lowest BCUT2D eigenvalue weighted by Gasteiger charge is -2.19. The highest BCUT2D eigenvalue weighted by atomic mass is 16.2. The summed E-state index contributed by atoms with van der Waals surface area (Å²) in [5.74, 6) is 0.604. The molecule has 0 spiro atoms. The average Bonchev–Trinajstić information content (AvgIpc) is 3.16. The highest BCUT2D eigenvalue weighted by Gasteiger charge is 2.09. The molecule has 140 valence electrons. The molecule has 2 rings (SSSR count). The maximum absolute atomic E-state index is 11.8. The zero-order chi connectivity index (χ0) is 18.8. The van der Waals surface area contributed by atoms with Crippen molar-refractivity contribution >= 4 is 11.9 Å². The first-order chi connectivity index (χ1) is 12.6. The molecule has 0 bridgehead atoms. The summed E-state index contributed by atoms with van der Waals surface area (Å²) in [6.45, 7) is 3.76. The highest BCUT2D eigenvalue weighted by Crippen LogP contribution is 2.10. The van der Waals surface area contributed by atoms with E-state index in [-0.39, 0.29) is 18.5 Å². The van der Waals surface area contributed by atoms with Gasteiger partial charge in [-0.3, -0.25) is 9.48 Å². The first kappa shape index (κ1) is 19.5. The number of amides is 1. The minimum absolute atomic E-state index is 0.0324. The van der Waals surface area contributed by atoms with E-state index in [0.29, 0.717) is 5.96 Å². The van der Waals surface area contributed by atoms with Crippen molar-refractivity contribution in [3.8, 4) is 0 Å². The Kier molecular flexibility index (Phi) is 7.67. The van der Waals surface area contributed by atoms with E-state index in [0.717, 1.165) is 25.1 Å². The molecular formula is C19H28N6O. The van der Waals surface area contributed by atoms with E-state index in [9.17, 15) is 4.79 Å². The number of guanidine groups is 1. The van der Waals surface area contributed by atoms with Crippen molar-refractivity contribution in [2.45, 2.75) is 25.9 Å². The lowest BCUT2D eigenvalue weighted by molar-refractivity contribution is -0.127. The second kappa shape index (κ2) is 10.2. The largest absolute Gasteiger partial charge is 0.356 e. The maximum Gasteiger partial charge on any atom is 0.243 e. The van der Waals surface area contributed by atoms with E-state index >= 15 is 0 Å². The van der Waals surface area contributed by atoms with Crippen LogP contribution in [0, 0.1) is 0 Å². The third-order valence-electron chi connectivity index (χ3n) is 3.94. The summed E-state index contributed by atoms with van der Waals surface area (Å²) in [7, 11) is 3.46. The Morgan fingerprint density at radius 2 is 2.04 bits per heavy atom. The molecule has 0 aliphatic heterocycles. The quantitative estimate of drug-likeness (QED) is 0.429. The molecule has 1 heterocycles. The summed E-state index contributed by atoms with van der Waals surface area (Å²) in [5, 5.41) is 10.9. The topological polar surface area (TPSA) is 74.6 Å². The zero-order valence-electron chi connectivity index (χ0n) is 15.7. The summed E-state index contributed by atoms with van der Waals surface area (Å²) in [6.07, 6.45) is 4.63. The lowest BCUT2D eigenvalue weighted by Crippen LogP contribution is -2.40. The number of aryl methyl sites for hydroxylation is 1. The lowest BCUT2D eigenvalue weighted by atomic mass is 10.1. The van der Waals surface area contributed by atoms with Gasteiger partial charge in [0.2, 0.25) is 5.91 Å². The van der Waals surface area contributed by atoms with Crippen molar-refractivity contribution in [1.82, 2.24) is 25.3 Å². The van der Waals surface area contributed by atoms with Gasteiger partial charge in [-0.25, -0.2) is 4.99 Å². The molecule has 0 radical (unpaired) electrons. The Hall–Kier alpha value is -2.83. The molecule has 0 saturated heterocycles. The molecule has 0 aliphatic rings. The van der Waals surface area contributed by atoms with Gasteiger partial charge < -0.3 is 15.5 Å². The summed E-state index contributed by atoms with van der Waals surface area (Å²) < 4.78 is 1.90. The monoisotopic (exact) mass is 356 g/mol. The molecule has 1 unspecified atom stereocenters. The minimum Gasteiger partial charge on any atom is -0.356 e. The highest BCUT2D eigenvalue weighted by molar-refractivity contribution is 5.85. The molecule has 0 fully saturated rings. The molecule has 7 nitrogen and oxygen atoms in total. The van der Waals surface area contributed by atoms with Crippen LogP contribution in [-0.4, -0.2) is 53.7 Å². The van der Waals surface area contributed by atoms with Gasteiger partial charge in [0, 0.05) is 39.6 Å². The number of aliphatic imine (C=N–C) groups is 1. The van der Waals surface area contributed by atoms with Crippen molar-refractivity contribution in [2.75, 3.05) is 27.2 Å². The van der Waals surface area contributed by atoms with Crippen molar-refractivity contribution in [3.63, 3.8) is 0 Å². The molecule has 1 aromatic carbocycles. The number of hydrogen-bond acceptors (Lipinski definition) is 3. The normalized spacial score (nSPS) is 12.5. The number of aromatic nitrogens is 2. The number of nitrogens with zero attached hydrogens (tertiary/aromatic N) is 4. The molecule has 7 heteroatoms. The van der Waals surface area contributed by atoms with Crippen LogP contribution in [-0.2, 0) is 11.3 Å². The molecule has 1 aromatic heterocycles. The minimum atomic E-state index is -0.0324. The Balaban J connectivity index is 1.91. The van der Waals surface area contributed by atoms with Gasteiger partial charge in [-0.2, -0.15) is 5.10 Å². The third-order valence-corrected chi connectivity index (χ3v) is 3.94. The van der Waals surface area contributed by atoms with Crippen LogP contribution in [0.2, 0.25) is 0 Å². The van der Waals surface area contributed by atoms with Gasteiger partial charge in [0.1, 0.15) is 6.54 Å². The number of benzene rings is 1. The molecule has 2 N–H and O–H groups in total. The van der Waals surface area contributed by atoms with Crippen LogP contribution >= 0.6 is 0 Å². The second-order valence-corrected chi connectivity index (χ2v) is 6.28. The fourth-order valence-corrected chi connectivity index (χ4v) is 2.35. The van der Waals surface area contributed by atoms with Crippen LogP contribution in [0.15, 0.2) is 53.8 Å². The van der Waals surface area contributed by atoms with E-state index in [1.54, 1.807) is 25.2 Å². The first-order valence-corrected chi connectivity index (χ1v) is 8.83. The van der Waals surface area contributed by atoms with Crippen LogP contribution in [0.1, 0.15) is 24.9 Å². The van der Waals surface area contributed by atoms with Gasteiger partial charge >= 0.3 is 0 Å². The van der Waals surface area contributed by atoms with Crippen LogP contribution in [0.3, 0.4) is 0 Å². The summed E-state index contributed by atoms with van der Waals surface area (Å²) >= 11 is 0. The van der Waals surface area contributed by atoms with E-state index in [1.807, 2.05) is 35.1 Å². The molecule has 1 amide bonds. The van der Waals surface area contributed by atoms with E-state index < -0.39 is 0 Å². The average molecular weight is 356 g/mol. The van der Waals surface area contributed by atoms with Crippen LogP contribution in [0.25, 0.3) is 0 Å². The van der Waals surface area contributed by atoms with Gasteiger partial charge in [0.15, 0.2) is 5.96 Å². The van der Waals surface area contributed by atoms with Gasteiger partial charge in [0.05, 0.1) is 6.04 Å². The zero-order valence-corrected chi connectivity index (χ0v) is 15.7. The SMILES string of the molecule is CC(NC(=NCC(=O)N(C)C)NCCCn1cccn1)c1ccccc1. The Labute approximate surface area is 155 Å². The summed E-state index contributed by atoms with van der Waals surface area (Å²) in [4.78, 5) is 17.8. The molecular weight excluding hydrogens is 328 g/mol. The number of rotatable bonds is 8. The fourth-order valence-electron chi connectivity index (χ4n) is 2.35. The predicted molar refractivity (Wildman–Crippen MR) is 104 cm³/mol. The third kappa shape index (κ3) is 6.58. The van der Waals surface area contributed by atoms with Crippen molar-refractivity contribution < 1.29 is 4.79 Å². The van der Waals surface area contributed by atoms with Gasteiger partial charge in [0.25, 0.3) is 0 Å². The van der Waals surface area contributed by atoms with Crippen LogP contribution < -0.4 is 10.6 Å². The number of carbonyl (C=O) groups is 1. The molecule has 0 aliphatic carbocycles. The Morgan fingerprint density at radius 1 is 1.27 bits per heavy atom. The number of likely N-dealkylation sites (N-methyl/N-ethyl adjacent to an activating group) is 1. The first-order valence-electron chi connectivity index (χ1n) is 8.83. The second-order valence-electron chi connectivity index (χ2n) is 6.28. The van der Waals surface area contributed by atoms with Crippen molar-refractivity contribution in [2.24, 2.45) is 4.99 Å². The number of hydrogen-bond donors (Lipinski definition) is 2. The van der Waals surface area contributed by atoms with Crippen LogP contribution in [0.5, 0.6) is 0 Å². The molecule has 26 heavy (non-hydrogen) atoms.